The summed E-state index contributed by atoms with van der Waals surface area (Å²) in [6.07, 6.45) is 1.73. The van der Waals surface area contributed by atoms with Gasteiger partial charge in [-0.1, -0.05) is 0 Å². The number of hydrogen-bond acceptors (Lipinski definition) is 2. The predicted octanol–water partition coefficient (Wildman–Crippen LogP) is 3.19. The van der Waals surface area contributed by atoms with Crippen molar-refractivity contribution in [2.75, 3.05) is 13.1 Å². The molecule has 0 aliphatic carbocycles. The van der Waals surface area contributed by atoms with Gasteiger partial charge in [0, 0.05) is 16.0 Å². The lowest BCUT2D eigenvalue weighted by atomic mass is 9.90. The van der Waals surface area contributed by atoms with Gasteiger partial charge < -0.3 is 5.32 Å². The molecule has 0 radical (unpaired) electrons. The van der Waals surface area contributed by atoms with Gasteiger partial charge in [-0.2, -0.15) is 0 Å². The SMILES string of the molecule is Cl.O=C(c1ccc(F)cc1Br)C1CCNCC1. The lowest BCUT2D eigenvalue weighted by Gasteiger charge is -2.21. The van der Waals surface area contributed by atoms with Crippen molar-refractivity contribution >= 4 is 34.1 Å². The topological polar surface area (TPSA) is 29.1 Å². The molecule has 0 atom stereocenters. The molecule has 0 aromatic heterocycles. The minimum absolute atomic E-state index is 0. The van der Waals surface area contributed by atoms with Crippen LogP contribution < -0.4 is 5.32 Å². The van der Waals surface area contributed by atoms with Crippen LogP contribution in [0.3, 0.4) is 0 Å². The normalized spacial score (nSPS) is 16.4. The monoisotopic (exact) mass is 321 g/mol. The van der Waals surface area contributed by atoms with Crippen molar-refractivity contribution in [3.8, 4) is 0 Å². The van der Waals surface area contributed by atoms with Gasteiger partial charge in [-0.25, -0.2) is 4.39 Å². The largest absolute Gasteiger partial charge is 0.317 e. The summed E-state index contributed by atoms with van der Waals surface area (Å²) in [5.74, 6) is -0.134. The third-order valence-corrected chi connectivity index (χ3v) is 3.56. The van der Waals surface area contributed by atoms with E-state index in [2.05, 4.69) is 21.2 Å². The Bertz CT molecular complexity index is 407. The van der Waals surface area contributed by atoms with Crippen molar-refractivity contribution in [3.05, 3.63) is 34.1 Å². The number of carbonyl (C=O) groups excluding carboxylic acids is 1. The van der Waals surface area contributed by atoms with Gasteiger partial charge >= 0.3 is 0 Å². The van der Waals surface area contributed by atoms with Crippen molar-refractivity contribution < 1.29 is 9.18 Å². The van der Waals surface area contributed by atoms with E-state index in [1.54, 1.807) is 6.07 Å². The van der Waals surface area contributed by atoms with Crippen molar-refractivity contribution in [1.29, 1.82) is 0 Å². The second-order valence-electron chi connectivity index (χ2n) is 4.01. The summed E-state index contributed by atoms with van der Waals surface area (Å²) < 4.78 is 13.5. The molecule has 1 aliphatic heterocycles. The van der Waals surface area contributed by atoms with Crippen LogP contribution in [0.4, 0.5) is 4.39 Å². The molecule has 0 amide bonds. The summed E-state index contributed by atoms with van der Waals surface area (Å²) in [6, 6.07) is 4.23. The molecule has 0 unspecified atom stereocenters. The standard InChI is InChI=1S/C12H13BrFNO.ClH/c13-11-7-9(14)1-2-10(11)12(16)8-3-5-15-6-4-8;/h1-2,7-8,15H,3-6H2;1H. The Hall–Kier alpha value is -0.450. The average molecular weight is 323 g/mol. The number of carbonyl (C=O) groups is 1. The lowest BCUT2D eigenvalue weighted by Crippen LogP contribution is -2.32. The molecule has 17 heavy (non-hydrogen) atoms. The highest BCUT2D eigenvalue weighted by Crippen LogP contribution is 2.24. The van der Waals surface area contributed by atoms with Crippen molar-refractivity contribution in [3.63, 3.8) is 0 Å². The molecule has 1 aromatic rings. The minimum atomic E-state index is -0.325. The molecule has 1 fully saturated rings. The summed E-state index contributed by atoms with van der Waals surface area (Å²) in [7, 11) is 0. The van der Waals surface area contributed by atoms with Crippen molar-refractivity contribution in [2.45, 2.75) is 12.8 Å². The van der Waals surface area contributed by atoms with Crippen LogP contribution in [0.5, 0.6) is 0 Å². The van der Waals surface area contributed by atoms with Gasteiger partial charge in [-0.05, 0) is 60.1 Å². The van der Waals surface area contributed by atoms with E-state index in [0.717, 1.165) is 25.9 Å². The molecule has 1 aliphatic rings. The second-order valence-corrected chi connectivity index (χ2v) is 4.87. The fourth-order valence-corrected chi connectivity index (χ4v) is 2.54. The lowest BCUT2D eigenvalue weighted by molar-refractivity contribution is 0.0894. The molecule has 2 nitrogen and oxygen atoms in total. The van der Waals surface area contributed by atoms with Crippen LogP contribution in [-0.4, -0.2) is 18.9 Å². The number of Topliss-reactive ketones (excluding diaryl/α,β-unsaturated/α-hetero) is 1. The molecule has 0 bridgehead atoms. The maximum Gasteiger partial charge on any atom is 0.167 e. The smallest absolute Gasteiger partial charge is 0.167 e. The molecular weight excluding hydrogens is 308 g/mol. The number of benzene rings is 1. The van der Waals surface area contributed by atoms with E-state index in [4.69, 9.17) is 0 Å². The van der Waals surface area contributed by atoms with Crippen LogP contribution in [0.1, 0.15) is 23.2 Å². The number of ketones is 1. The Labute approximate surface area is 115 Å². The molecule has 0 spiro atoms. The molecule has 1 saturated heterocycles. The van der Waals surface area contributed by atoms with Gasteiger partial charge in [0.25, 0.3) is 0 Å². The highest BCUT2D eigenvalue weighted by molar-refractivity contribution is 9.10. The molecule has 0 saturated carbocycles. The van der Waals surface area contributed by atoms with Gasteiger partial charge in [0.1, 0.15) is 5.82 Å². The quantitative estimate of drug-likeness (QED) is 0.847. The van der Waals surface area contributed by atoms with E-state index in [-0.39, 0.29) is 29.9 Å². The number of hydrogen-bond donors (Lipinski definition) is 1. The van der Waals surface area contributed by atoms with Crippen LogP contribution in [0.15, 0.2) is 22.7 Å². The fraction of sp³-hybridized carbons (Fsp3) is 0.417. The molecule has 1 N–H and O–H groups in total. The summed E-state index contributed by atoms with van der Waals surface area (Å²) >= 11 is 3.24. The minimum Gasteiger partial charge on any atom is -0.317 e. The second kappa shape index (κ2) is 6.47. The van der Waals surface area contributed by atoms with Crippen LogP contribution in [0.2, 0.25) is 0 Å². The molecule has 94 valence electrons. The van der Waals surface area contributed by atoms with E-state index in [9.17, 15) is 9.18 Å². The molecule has 1 heterocycles. The fourth-order valence-electron chi connectivity index (χ4n) is 1.99. The zero-order chi connectivity index (χ0) is 11.5. The Kier molecular flexibility index (Phi) is 5.56. The first-order chi connectivity index (χ1) is 7.68. The van der Waals surface area contributed by atoms with Crippen molar-refractivity contribution in [2.24, 2.45) is 5.92 Å². The van der Waals surface area contributed by atoms with E-state index < -0.39 is 0 Å². The van der Waals surface area contributed by atoms with E-state index >= 15 is 0 Å². The molecule has 5 heteroatoms. The average Bonchev–Trinajstić information content (AvgIpc) is 2.29. The zero-order valence-electron chi connectivity index (χ0n) is 9.21. The van der Waals surface area contributed by atoms with E-state index in [1.807, 2.05) is 0 Å². The number of nitrogens with one attached hydrogen (secondary N) is 1. The first-order valence-electron chi connectivity index (χ1n) is 5.38. The number of halogens is 3. The Morgan fingerprint density at radius 2 is 2.00 bits per heavy atom. The van der Waals surface area contributed by atoms with Gasteiger partial charge in [-0.15, -0.1) is 12.4 Å². The molecule has 1 aromatic carbocycles. The maximum atomic E-state index is 12.9. The number of piperidine rings is 1. The molecular formula is C12H14BrClFNO. The van der Waals surface area contributed by atoms with Gasteiger partial charge in [-0.3, -0.25) is 4.79 Å². The van der Waals surface area contributed by atoms with Gasteiger partial charge in [0.15, 0.2) is 5.78 Å². The molecule has 2 rings (SSSR count). The third-order valence-electron chi connectivity index (χ3n) is 2.91. The van der Waals surface area contributed by atoms with Gasteiger partial charge in [0.05, 0.1) is 0 Å². The summed E-state index contributed by atoms with van der Waals surface area (Å²) in [6.45, 7) is 1.77. The Morgan fingerprint density at radius 1 is 1.35 bits per heavy atom. The first-order valence-corrected chi connectivity index (χ1v) is 6.18. The Balaban J connectivity index is 0.00000144. The van der Waals surface area contributed by atoms with E-state index in [0.29, 0.717) is 10.0 Å². The van der Waals surface area contributed by atoms with Crippen LogP contribution in [0, 0.1) is 11.7 Å². The Morgan fingerprint density at radius 3 is 2.59 bits per heavy atom. The van der Waals surface area contributed by atoms with Crippen LogP contribution in [-0.2, 0) is 0 Å². The van der Waals surface area contributed by atoms with Gasteiger partial charge in [0.2, 0.25) is 0 Å². The predicted molar refractivity (Wildman–Crippen MR) is 71.3 cm³/mol. The summed E-state index contributed by atoms with van der Waals surface area (Å²) in [5, 5.41) is 3.22. The first kappa shape index (κ1) is 14.6. The summed E-state index contributed by atoms with van der Waals surface area (Å²) in [4.78, 5) is 12.2. The highest BCUT2D eigenvalue weighted by Gasteiger charge is 2.23. The highest BCUT2D eigenvalue weighted by atomic mass is 79.9. The zero-order valence-corrected chi connectivity index (χ0v) is 11.6. The van der Waals surface area contributed by atoms with E-state index in [1.165, 1.54) is 12.1 Å². The van der Waals surface area contributed by atoms with Crippen molar-refractivity contribution in [1.82, 2.24) is 5.32 Å². The third kappa shape index (κ3) is 3.50. The number of rotatable bonds is 2. The summed E-state index contributed by atoms with van der Waals surface area (Å²) in [5.41, 5.74) is 0.591. The van der Waals surface area contributed by atoms with Crippen LogP contribution in [0.25, 0.3) is 0 Å². The maximum absolute atomic E-state index is 12.9. The van der Waals surface area contributed by atoms with Crippen LogP contribution >= 0.6 is 28.3 Å².